The Morgan fingerprint density at radius 1 is 1.33 bits per heavy atom. The SMILES string of the molecule is CC1CCC(N(C)C(=O)CN[C@H](C)C(=O)O)CC1. The summed E-state index contributed by atoms with van der Waals surface area (Å²) in [4.78, 5) is 24.3. The highest BCUT2D eigenvalue weighted by Crippen LogP contribution is 2.26. The van der Waals surface area contributed by atoms with Gasteiger partial charge in [-0.3, -0.25) is 14.9 Å². The number of aliphatic carboxylic acids is 1. The van der Waals surface area contributed by atoms with E-state index in [0.29, 0.717) is 6.04 Å². The number of carboxylic acids is 1. The van der Waals surface area contributed by atoms with Gasteiger partial charge in [0.2, 0.25) is 5.91 Å². The minimum Gasteiger partial charge on any atom is -0.480 e. The van der Waals surface area contributed by atoms with Gasteiger partial charge >= 0.3 is 5.97 Å². The van der Waals surface area contributed by atoms with E-state index in [1.165, 1.54) is 19.8 Å². The molecule has 1 atom stereocenters. The second kappa shape index (κ2) is 6.73. The van der Waals surface area contributed by atoms with E-state index in [1.807, 2.05) is 7.05 Å². The summed E-state index contributed by atoms with van der Waals surface area (Å²) < 4.78 is 0. The van der Waals surface area contributed by atoms with Gasteiger partial charge in [-0.2, -0.15) is 0 Å². The van der Waals surface area contributed by atoms with Crippen molar-refractivity contribution in [2.75, 3.05) is 13.6 Å². The van der Waals surface area contributed by atoms with E-state index in [0.717, 1.165) is 18.8 Å². The lowest BCUT2D eigenvalue weighted by Crippen LogP contribution is -2.46. The summed E-state index contributed by atoms with van der Waals surface area (Å²) in [7, 11) is 1.82. The molecule has 0 aromatic rings. The lowest BCUT2D eigenvalue weighted by atomic mass is 9.87. The molecule has 2 N–H and O–H groups in total. The van der Waals surface area contributed by atoms with Crippen molar-refractivity contribution in [2.24, 2.45) is 5.92 Å². The first kappa shape index (κ1) is 15.0. The van der Waals surface area contributed by atoms with E-state index in [4.69, 9.17) is 5.11 Å². The molecule has 0 radical (unpaired) electrons. The van der Waals surface area contributed by atoms with Crippen molar-refractivity contribution in [2.45, 2.75) is 51.6 Å². The normalized spacial score (nSPS) is 25.5. The minimum absolute atomic E-state index is 0.0253. The van der Waals surface area contributed by atoms with Crippen molar-refractivity contribution in [3.63, 3.8) is 0 Å². The van der Waals surface area contributed by atoms with Gasteiger partial charge in [0, 0.05) is 13.1 Å². The fourth-order valence-corrected chi connectivity index (χ4v) is 2.29. The second-order valence-electron chi connectivity index (χ2n) is 5.36. The molecule has 5 heteroatoms. The number of nitrogens with one attached hydrogen (secondary N) is 1. The monoisotopic (exact) mass is 256 g/mol. The van der Waals surface area contributed by atoms with Crippen molar-refractivity contribution in [1.29, 1.82) is 0 Å². The number of likely N-dealkylation sites (N-methyl/N-ethyl adjacent to an activating group) is 1. The van der Waals surface area contributed by atoms with Crippen LogP contribution >= 0.6 is 0 Å². The molecule has 0 unspecified atom stereocenters. The van der Waals surface area contributed by atoms with Gasteiger partial charge in [0.25, 0.3) is 0 Å². The second-order valence-corrected chi connectivity index (χ2v) is 5.36. The molecule has 0 aliphatic heterocycles. The fraction of sp³-hybridized carbons (Fsp3) is 0.846. The Kier molecular flexibility index (Phi) is 5.59. The number of amides is 1. The summed E-state index contributed by atoms with van der Waals surface area (Å²) >= 11 is 0. The summed E-state index contributed by atoms with van der Waals surface area (Å²) in [5, 5.41) is 11.4. The van der Waals surface area contributed by atoms with E-state index in [9.17, 15) is 9.59 Å². The van der Waals surface area contributed by atoms with E-state index in [2.05, 4.69) is 12.2 Å². The zero-order valence-electron chi connectivity index (χ0n) is 11.5. The van der Waals surface area contributed by atoms with Crippen LogP contribution in [0.25, 0.3) is 0 Å². The lowest BCUT2D eigenvalue weighted by Gasteiger charge is -2.33. The topological polar surface area (TPSA) is 69.6 Å². The lowest BCUT2D eigenvalue weighted by molar-refractivity contribution is -0.139. The van der Waals surface area contributed by atoms with Crippen LogP contribution in [0.5, 0.6) is 0 Å². The van der Waals surface area contributed by atoms with Crippen molar-refractivity contribution in [1.82, 2.24) is 10.2 Å². The molecular weight excluding hydrogens is 232 g/mol. The summed E-state index contributed by atoms with van der Waals surface area (Å²) in [6.07, 6.45) is 4.44. The molecule has 1 saturated carbocycles. The van der Waals surface area contributed by atoms with Gasteiger partial charge in [-0.25, -0.2) is 0 Å². The summed E-state index contributed by atoms with van der Waals surface area (Å²) in [5.74, 6) is -0.200. The maximum absolute atomic E-state index is 11.9. The quantitative estimate of drug-likeness (QED) is 0.772. The predicted molar refractivity (Wildman–Crippen MR) is 69.3 cm³/mol. The molecule has 0 aromatic carbocycles. The van der Waals surface area contributed by atoms with Gasteiger partial charge in [-0.05, 0) is 38.5 Å². The third kappa shape index (κ3) is 4.29. The average Bonchev–Trinajstić information content (AvgIpc) is 2.35. The molecule has 18 heavy (non-hydrogen) atoms. The molecule has 1 fully saturated rings. The smallest absolute Gasteiger partial charge is 0.320 e. The first-order chi connectivity index (χ1) is 8.41. The highest BCUT2D eigenvalue weighted by atomic mass is 16.4. The van der Waals surface area contributed by atoms with Crippen molar-refractivity contribution >= 4 is 11.9 Å². The van der Waals surface area contributed by atoms with Crippen LogP contribution in [0, 0.1) is 5.92 Å². The summed E-state index contributed by atoms with van der Waals surface area (Å²) in [5.41, 5.74) is 0. The average molecular weight is 256 g/mol. The van der Waals surface area contributed by atoms with Gasteiger partial charge in [-0.1, -0.05) is 6.92 Å². The van der Waals surface area contributed by atoms with Gasteiger partial charge < -0.3 is 10.0 Å². The predicted octanol–water partition coefficient (Wildman–Crippen LogP) is 1.09. The molecule has 1 amide bonds. The van der Waals surface area contributed by atoms with Crippen molar-refractivity contribution < 1.29 is 14.7 Å². The molecular formula is C13H24N2O3. The van der Waals surface area contributed by atoms with Crippen LogP contribution in [-0.2, 0) is 9.59 Å². The first-order valence-corrected chi connectivity index (χ1v) is 6.63. The minimum atomic E-state index is -0.933. The molecule has 104 valence electrons. The first-order valence-electron chi connectivity index (χ1n) is 6.63. The van der Waals surface area contributed by atoms with Gasteiger partial charge in [0.05, 0.1) is 6.54 Å². The Labute approximate surface area is 109 Å². The van der Waals surface area contributed by atoms with Crippen LogP contribution < -0.4 is 5.32 Å². The fourth-order valence-electron chi connectivity index (χ4n) is 2.29. The van der Waals surface area contributed by atoms with Gasteiger partial charge in [0.15, 0.2) is 0 Å². The van der Waals surface area contributed by atoms with Crippen LogP contribution in [0.1, 0.15) is 39.5 Å². The summed E-state index contributed by atoms with van der Waals surface area (Å²) in [6.45, 7) is 3.88. The number of carboxylic acid groups (broad SMARTS) is 1. The Morgan fingerprint density at radius 2 is 1.89 bits per heavy atom. The van der Waals surface area contributed by atoms with Crippen LogP contribution in [0.15, 0.2) is 0 Å². The number of nitrogens with zero attached hydrogens (tertiary/aromatic N) is 1. The molecule has 1 aliphatic rings. The standard InChI is InChI=1S/C13H24N2O3/c1-9-4-6-11(7-5-9)15(3)12(16)8-14-10(2)13(17)18/h9-11,14H,4-8H2,1-3H3,(H,17,18)/t9?,10-,11?/m1/s1. The molecule has 5 nitrogen and oxygen atoms in total. The van der Waals surface area contributed by atoms with E-state index in [1.54, 1.807) is 4.90 Å². The van der Waals surface area contributed by atoms with E-state index in [-0.39, 0.29) is 12.5 Å². The van der Waals surface area contributed by atoms with Gasteiger partial charge in [0.1, 0.15) is 6.04 Å². The molecule has 0 aromatic heterocycles. The van der Waals surface area contributed by atoms with Crippen LogP contribution in [0.3, 0.4) is 0 Å². The van der Waals surface area contributed by atoms with Crippen LogP contribution in [0.2, 0.25) is 0 Å². The molecule has 0 bridgehead atoms. The third-order valence-electron chi connectivity index (χ3n) is 3.86. The highest BCUT2D eigenvalue weighted by Gasteiger charge is 2.25. The molecule has 0 saturated heterocycles. The number of carbonyl (C=O) groups is 2. The number of carbonyl (C=O) groups excluding carboxylic acids is 1. The summed E-state index contributed by atoms with van der Waals surface area (Å²) in [6, 6.07) is -0.371. The van der Waals surface area contributed by atoms with Crippen LogP contribution in [-0.4, -0.2) is 47.6 Å². The van der Waals surface area contributed by atoms with Crippen molar-refractivity contribution in [3.8, 4) is 0 Å². The Bertz CT molecular complexity index is 299. The third-order valence-corrected chi connectivity index (χ3v) is 3.86. The Morgan fingerprint density at radius 3 is 2.39 bits per heavy atom. The number of hydrogen-bond donors (Lipinski definition) is 2. The number of hydrogen-bond acceptors (Lipinski definition) is 3. The molecule has 0 heterocycles. The molecule has 0 spiro atoms. The zero-order chi connectivity index (χ0) is 13.7. The Balaban J connectivity index is 2.35. The largest absolute Gasteiger partial charge is 0.480 e. The van der Waals surface area contributed by atoms with Crippen molar-refractivity contribution in [3.05, 3.63) is 0 Å². The van der Waals surface area contributed by atoms with E-state index < -0.39 is 12.0 Å². The van der Waals surface area contributed by atoms with Crippen LogP contribution in [0.4, 0.5) is 0 Å². The maximum Gasteiger partial charge on any atom is 0.320 e. The molecule has 1 rings (SSSR count). The van der Waals surface area contributed by atoms with Gasteiger partial charge in [-0.15, -0.1) is 0 Å². The highest BCUT2D eigenvalue weighted by molar-refractivity contribution is 5.80. The Hall–Kier alpha value is -1.10. The maximum atomic E-state index is 11.9. The van der Waals surface area contributed by atoms with E-state index >= 15 is 0 Å². The molecule has 1 aliphatic carbocycles. The zero-order valence-corrected chi connectivity index (χ0v) is 11.5. The number of rotatable bonds is 5.